The molecule has 2 aromatic rings. The van der Waals surface area contributed by atoms with Crippen molar-refractivity contribution < 1.29 is 13.2 Å². The van der Waals surface area contributed by atoms with Gasteiger partial charge in [0.05, 0.1) is 0 Å². The van der Waals surface area contributed by atoms with Crippen LogP contribution in [-0.4, -0.2) is 9.97 Å². The molecule has 1 N–H and O–H groups in total. The van der Waals surface area contributed by atoms with E-state index in [0.29, 0.717) is 11.6 Å². The van der Waals surface area contributed by atoms with E-state index >= 15 is 0 Å². The molecule has 0 radical (unpaired) electrons. The molecular weight excluding hydrogens is 374 g/mol. The molecule has 0 aliphatic carbocycles. The molecule has 1 aliphatic heterocycles. The topological polar surface area (TPSA) is 37.8 Å². The van der Waals surface area contributed by atoms with E-state index in [1.54, 1.807) is 18.4 Å². The number of rotatable bonds is 2. The van der Waals surface area contributed by atoms with Crippen LogP contribution >= 0.6 is 23.2 Å². The fourth-order valence-electron chi connectivity index (χ4n) is 2.43. The normalized spacial score (nSPS) is 20.2. The van der Waals surface area contributed by atoms with Crippen molar-refractivity contribution in [3.63, 3.8) is 0 Å². The Morgan fingerprint density at radius 3 is 2.60 bits per heavy atom. The standard InChI is InChI=1S/C17H12Cl2F3N3/c1-10-3-2-4-12(7-10)16(19)9-11(5-6-23-16)15-24-13(17(20,21)22)8-14(18)25-15/h2-9,23H,1H3. The first-order valence-corrected chi connectivity index (χ1v) is 7.98. The fourth-order valence-corrected chi connectivity index (χ4v) is 2.91. The average Bonchev–Trinajstić information content (AvgIpc) is 2.53. The second-order valence-electron chi connectivity index (χ2n) is 5.56. The van der Waals surface area contributed by atoms with Crippen LogP contribution in [0.3, 0.4) is 0 Å². The second-order valence-corrected chi connectivity index (χ2v) is 6.54. The molecule has 3 rings (SSSR count). The van der Waals surface area contributed by atoms with E-state index in [9.17, 15) is 13.2 Å². The number of aryl methyl sites for hydroxylation is 1. The van der Waals surface area contributed by atoms with Crippen LogP contribution in [0.4, 0.5) is 13.2 Å². The summed E-state index contributed by atoms with van der Waals surface area (Å²) in [7, 11) is 0. The number of hydrogen-bond acceptors (Lipinski definition) is 3. The number of halogens is 5. The Kier molecular flexibility index (Phi) is 4.51. The first-order valence-electron chi connectivity index (χ1n) is 7.23. The van der Waals surface area contributed by atoms with Crippen molar-refractivity contribution in [2.75, 3.05) is 0 Å². The third-order valence-corrected chi connectivity index (χ3v) is 4.22. The van der Waals surface area contributed by atoms with Crippen molar-refractivity contribution in [3.05, 3.63) is 76.5 Å². The number of alkyl halides is 4. The third-order valence-electron chi connectivity index (χ3n) is 3.59. The quantitative estimate of drug-likeness (QED) is 0.446. The SMILES string of the molecule is Cc1cccc(C2(Cl)C=C(c3nc(Cl)cc(C(F)(F)F)n3)C=CN2)c1. The zero-order chi connectivity index (χ0) is 18.2. The summed E-state index contributed by atoms with van der Waals surface area (Å²) < 4.78 is 38.9. The van der Waals surface area contributed by atoms with Gasteiger partial charge in [-0.05, 0) is 30.8 Å². The predicted molar refractivity (Wildman–Crippen MR) is 91.0 cm³/mol. The van der Waals surface area contributed by atoms with Crippen LogP contribution in [-0.2, 0) is 11.2 Å². The molecule has 25 heavy (non-hydrogen) atoms. The highest BCUT2D eigenvalue weighted by Gasteiger charge is 2.34. The van der Waals surface area contributed by atoms with Crippen molar-refractivity contribution in [2.45, 2.75) is 18.1 Å². The molecule has 0 amide bonds. The Morgan fingerprint density at radius 2 is 1.92 bits per heavy atom. The van der Waals surface area contributed by atoms with Crippen molar-refractivity contribution in [3.8, 4) is 0 Å². The first-order chi connectivity index (χ1) is 11.7. The van der Waals surface area contributed by atoms with Crippen molar-refractivity contribution >= 4 is 28.8 Å². The van der Waals surface area contributed by atoms with Crippen LogP contribution in [0.15, 0.2) is 48.7 Å². The maximum Gasteiger partial charge on any atom is 0.433 e. The molecule has 0 saturated heterocycles. The molecule has 1 aliphatic rings. The molecule has 0 saturated carbocycles. The van der Waals surface area contributed by atoms with Gasteiger partial charge in [-0.2, -0.15) is 13.2 Å². The number of allylic oxidation sites excluding steroid dienone is 2. The van der Waals surface area contributed by atoms with E-state index in [4.69, 9.17) is 23.2 Å². The minimum Gasteiger partial charge on any atom is -0.366 e. The molecule has 8 heteroatoms. The lowest BCUT2D eigenvalue weighted by Crippen LogP contribution is -2.33. The van der Waals surface area contributed by atoms with E-state index < -0.39 is 16.9 Å². The van der Waals surface area contributed by atoms with Crippen molar-refractivity contribution in [2.24, 2.45) is 0 Å². The minimum atomic E-state index is -4.62. The number of hydrogen-bond donors (Lipinski definition) is 1. The van der Waals surface area contributed by atoms with Crippen LogP contribution in [0, 0.1) is 6.92 Å². The Labute approximate surface area is 152 Å². The zero-order valence-electron chi connectivity index (χ0n) is 12.9. The van der Waals surface area contributed by atoms with Gasteiger partial charge in [-0.1, -0.05) is 53.0 Å². The molecule has 3 nitrogen and oxygen atoms in total. The Hall–Kier alpha value is -2.05. The lowest BCUT2D eigenvalue weighted by Gasteiger charge is -2.28. The third kappa shape index (κ3) is 3.80. The molecule has 1 atom stereocenters. The van der Waals surface area contributed by atoms with Gasteiger partial charge in [0.25, 0.3) is 0 Å². The highest BCUT2D eigenvalue weighted by molar-refractivity contribution is 6.29. The van der Waals surface area contributed by atoms with Gasteiger partial charge in [-0.3, -0.25) is 0 Å². The Bertz CT molecular complexity index is 878. The van der Waals surface area contributed by atoms with Crippen molar-refractivity contribution in [1.82, 2.24) is 15.3 Å². The predicted octanol–water partition coefficient (Wildman–Crippen LogP) is 5.05. The average molecular weight is 386 g/mol. The van der Waals surface area contributed by atoms with Crippen molar-refractivity contribution in [1.29, 1.82) is 0 Å². The Balaban J connectivity index is 2.07. The highest BCUT2D eigenvalue weighted by atomic mass is 35.5. The van der Waals surface area contributed by atoms with Gasteiger partial charge in [-0.15, -0.1) is 0 Å². The lowest BCUT2D eigenvalue weighted by molar-refractivity contribution is -0.141. The molecule has 0 spiro atoms. The van der Waals surface area contributed by atoms with Crippen LogP contribution in [0.1, 0.15) is 22.6 Å². The van der Waals surface area contributed by atoms with E-state index in [0.717, 1.165) is 11.1 Å². The number of aromatic nitrogens is 2. The first kappa shape index (κ1) is 17.8. The van der Waals surface area contributed by atoms with E-state index in [1.165, 1.54) is 0 Å². The smallest absolute Gasteiger partial charge is 0.366 e. The van der Waals surface area contributed by atoms with Crippen LogP contribution < -0.4 is 5.32 Å². The molecule has 130 valence electrons. The summed E-state index contributed by atoms with van der Waals surface area (Å²) in [6.45, 7) is 1.92. The lowest BCUT2D eigenvalue weighted by atomic mass is 9.99. The Morgan fingerprint density at radius 1 is 1.16 bits per heavy atom. The minimum absolute atomic E-state index is 0.143. The summed E-state index contributed by atoms with van der Waals surface area (Å²) in [6.07, 6.45) is 0.0344. The summed E-state index contributed by atoms with van der Waals surface area (Å²) in [6, 6.07) is 8.15. The maximum atomic E-state index is 13.0. The molecule has 1 aromatic carbocycles. The maximum absolute atomic E-state index is 13.0. The molecule has 2 heterocycles. The summed E-state index contributed by atoms with van der Waals surface area (Å²) in [4.78, 5) is 6.35. The second kappa shape index (κ2) is 6.35. The molecule has 0 fully saturated rings. The summed E-state index contributed by atoms with van der Waals surface area (Å²) in [5, 5.41) is 2.71. The number of benzene rings is 1. The largest absolute Gasteiger partial charge is 0.433 e. The fraction of sp³-hybridized carbons (Fsp3) is 0.176. The number of nitrogens with zero attached hydrogens (tertiary/aromatic N) is 2. The van der Waals surface area contributed by atoms with Gasteiger partial charge >= 0.3 is 6.18 Å². The summed E-state index contributed by atoms with van der Waals surface area (Å²) in [5.41, 5.74) is 0.977. The van der Waals surface area contributed by atoms with E-state index in [2.05, 4.69) is 15.3 Å². The zero-order valence-corrected chi connectivity index (χ0v) is 14.4. The van der Waals surface area contributed by atoms with E-state index in [-0.39, 0.29) is 11.0 Å². The van der Waals surface area contributed by atoms with Gasteiger partial charge in [0, 0.05) is 11.6 Å². The molecule has 1 unspecified atom stereocenters. The number of dihydropyridines is 1. The van der Waals surface area contributed by atoms with Crippen LogP contribution in [0.5, 0.6) is 0 Å². The van der Waals surface area contributed by atoms with Gasteiger partial charge < -0.3 is 5.32 Å². The molecular formula is C17H12Cl2F3N3. The van der Waals surface area contributed by atoms with Crippen LogP contribution in [0.25, 0.3) is 5.57 Å². The van der Waals surface area contributed by atoms with Gasteiger partial charge in [-0.25, -0.2) is 9.97 Å². The van der Waals surface area contributed by atoms with Gasteiger partial charge in [0.2, 0.25) is 0 Å². The van der Waals surface area contributed by atoms with Crippen LogP contribution in [0.2, 0.25) is 5.15 Å². The number of nitrogens with one attached hydrogen (secondary N) is 1. The molecule has 0 bridgehead atoms. The molecule has 1 aromatic heterocycles. The van der Waals surface area contributed by atoms with Gasteiger partial charge in [0.15, 0.2) is 10.8 Å². The summed E-state index contributed by atoms with van der Waals surface area (Å²) >= 11 is 12.4. The van der Waals surface area contributed by atoms with Gasteiger partial charge in [0.1, 0.15) is 10.8 Å². The summed E-state index contributed by atoms with van der Waals surface area (Å²) in [5.74, 6) is -0.143. The highest BCUT2D eigenvalue weighted by Crippen LogP contribution is 2.35. The monoisotopic (exact) mass is 385 g/mol. The van der Waals surface area contributed by atoms with E-state index in [1.807, 2.05) is 31.2 Å².